The van der Waals surface area contributed by atoms with E-state index < -0.39 is 0 Å². The molecule has 1 atom stereocenters. The summed E-state index contributed by atoms with van der Waals surface area (Å²) in [4.78, 5) is 2.15. The van der Waals surface area contributed by atoms with Gasteiger partial charge >= 0.3 is 0 Å². The molecule has 21 heavy (non-hydrogen) atoms. The van der Waals surface area contributed by atoms with E-state index >= 15 is 0 Å². The normalized spacial score (nSPS) is 12.4. The first-order valence-corrected chi connectivity index (χ1v) is 7.94. The van der Waals surface area contributed by atoms with Gasteiger partial charge in [-0.1, -0.05) is 26.0 Å². The van der Waals surface area contributed by atoms with Crippen LogP contribution in [0.15, 0.2) is 24.3 Å². The second-order valence-electron chi connectivity index (χ2n) is 5.21. The summed E-state index contributed by atoms with van der Waals surface area (Å²) in [7, 11) is 1.70. The van der Waals surface area contributed by atoms with E-state index in [9.17, 15) is 5.11 Å². The first kappa shape index (κ1) is 18.0. The van der Waals surface area contributed by atoms with Crippen LogP contribution in [0.25, 0.3) is 0 Å². The van der Waals surface area contributed by atoms with Gasteiger partial charge in [-0.25, -0.2) is 0 Å². The fourth-order valence-electron chi connectivity index (χ4n) is 2.43. The summed E-state index contributed by atoms with van der Waals surface area (Å²) in [5, 5.41) is 12.8. The monoisotopic (exact) mass is 294 g/mol. The molecule has 1 aromatic carbocycles. The maximum absolute atomic E-state index is 9.18. The first-order valence-electron chi connectivity index (χ1n) is 7.94. The molecular weight excluding hydrogens is 264 g/mol. The Morgan fingerprint density at radius 2 is 1.90 bits per heavy atom. The Labute approximate surface area is 129 Å². The molecule has 0 spiro atoms. The van der Waals surface area contributed by atoms with E-state index in [1.165, 1.54) is 5.56 Å². The molecule has 0 radical (unpaired) electrons. The van der Waals surface area contributed by atoms with Crippen LogP contribution in [-0.4, -0.2) is 45.1 Å². The number of ether oxygens (including phenoxy) is 1. The lowest BCUT2D eigenvalue weighted by atomic mass is 10.0. The zero-order valence-electron chi connectivity index (χ0n) is 13.6. The lowest BCUT2D eigenvalue weighted by molar-refractivity contribution is 0.203. The summed E-state index contributed by atoms with van der Waals surface area (Å²) in [5.41, 5.74) is 2.46. The van der Waals surface area contributed by atoms with Crippen LogP contribution in [0, 0.1) is 0 Å². The summed E-state index contributed by atoms with van der Waals surface area (Å²) >= 11 is 0. The standard InChI is InChI=1S/C17H30N2O2/c1-4-10-18-17(5-2)15-6-8-16(9-7-15)19(11-13-20)12-14-21-3/h6-9,17-18,20H,4-5,10-14H2,1-3H3. The largest absolute Gasteiger partial charge is 0.395 e. The van der Waals surface area contributed by atoms with Gasteiger partial charge in [0.1, 0.15) is 0 Å². The average Bonchev–Trinajstić information content (AvgIpc) is 2.53. The molecular formula is C17H30N2O2. The topological polar surface area (TPSA) is 44.7 Å². The smallest absolute Gasteiger partial charge is 0.0637 e. The number of nitrogens with one attached hydrogen (secondary N) is 1. The highest BCUT2D eigenvalue weighted by Crippen LogP contribution is 2.21. The van der Waals surface area contributed by atoms with Crippen LogP contribution >= 0.6 is 0 Å². The third-order valence-electron chi connectivity index (χ3n) is 3.64. The van der Waals surface area contributed by atoms with Crippen molar-refractivity contribution < 1.29 is 9.84 Å². The van der Waals surface area contributed by atoms with Crippen LogP contribution in [0.2, 0.25) is 0 Å². The van der Waals surface area contributed by atoms with Crippen LogP contribution in [-0.2, 0) is 4.74 Å². The molecule has 0 amide bonds. The Morgan fingerprint density at radius 1 is 1.19 bits per heavy atom. The Balaban J connectivity index is 2.73. The van der Waals surface area contributed by atoms with Crippen molar-refractivity contribution in [2.24, 2.45) is 0 Å². The van der Waals surface area contributed by atoms with Gasteiger partial charge in [-0.2, -0.15) is 0 Å². The third-order valence-corrected chi connectivity index (χ3v) is 3.64. The molecule has 0 bridgehead atoms. The van der Waals surface area contributed by atoms with Crippen molar-refractivity contribution in [3.8, 4) is 0 Å². The zero-order valence-corrected chi connectivity index (χ0v) is 13.6. The van der Waals surface area contributed by atoms with Crippen molar-refractivity contribution in [3.63, 3.8) is 0 Å². The van der Waals surface area contributed by atoms with Gasteiger partial charge in [0, 0.05) is 31.9 Å². The van der Waals surface area contributed by atoms with Gasteiger partial charge in [-0.05, 0) is 37.1 Å². The van der Waals surface area contributed by atoms with Gasteiger partial charge in [0.2, 0.25) is 0 Å². The average molecular weight is 294 g/mol. The van der Waals surface area contributed by atoms with Crippen molar-refractivity contribution in [1.82, 2.24) is 5.32 Å². The molecule has 1 rings (SSSR count). The number of methoxy groups -OCH3 is 1. The first-order chi connectivity index (χ1) is 10.3. The summed E-state index contributed by atoms with van der Waals surface area (Å²) in [6.45, 7) is 7.68. The zero-order chi connectivity index (χ0) is 15.5. The predicted molar refractivity (Wildman–Crippen MR) is 88.9 cm³/mol. The number of hydrogen-bond donors (Lipinski definition) is 2. The number of anilines is 1. The number of hydrogen-bond acceptors (Lipinski definition) is 4. The van der Waals surface area contributed by atoms with E-state index in [0.717, 1.165) is 31.6 Å². The van der Waals surface area contributed by atoms with E-state index in [2.05, 4.69) is 48.3 Å². The minimum Gasteiger partial charge on any atom is -0.395 e. The summed E-state index contributed by atoms with van der Waals surface area (Å²) in [6.07, 6.45) is 2.24. The highest BCUT2D eigenvalue weighted by molar-refractivity contribution is 5.48. The number of benzene rings is 1. The van der Waals surface area contributed by atoms with Gasteiger partial charge in [0.05, 0.1) is 13.2 Å². The quantitative estimate of drug-likeness (QED) is 0.658. The van der Waals surface area contributed by atoms with E-state index in [1.54, 1.807) is 7.11 Å². The Kier molecular flexibility index (Phi) is 9.06. The molecule has 120 valence electrons. The molecule has 0 heterocycles. The van der Waals surface area contributed by atoms with Crippen molar-refractivity contribution in [2.45, 2.75) is 32.7 Å². The van der Waals surface area contributed by atoms with Gasteiger partial charge in [0.15, 0.2) is 0 Å². The highest BCUT2D eigenvalue weighted by atomic mass is 16.5. The van der Waals surface area contributed by atoms with Gasteiger partial charge in [0.25, 0.3) is 0 Å². The van der Waals surface area contributed by atoms with Gasteiger partial charge in [-0.15, -0.1) is 0 Å². The Hall–Kier alpha value is -1.10. The molecule has 0 aromatic heterocycles. The highest BCUT2D eigenvalue weighted by Gasteiger charge is 2.10. The lowest BCUT2D eigenvalue weighted by Gasteiger charge is -2.24. The molecule has 0 fully saturated rings. The van der Waals surface area contributed by atoms with Crippen molar-refractivity contribution in [1.29, 1.82) is 0 Å². The van der Waals surface area contributed by atoms with E-state index in [-0.39, 0.29) is 6.61 Å². The van der Waals surface area contributed by atoms with Gasteiger partial charge < -0.3 is 20.1 Å². The van der Waals surface area contributed by atoms with Crippen LogP contribution in [0.1, 0.15) is 38.3 Å². The van der Waals surface area contributed by atoms with E-state index in [0.29, 0.717) is 19.2 Å². The molecule has 1 aromatic rings. The molecule has 0 saturated carbocycles. The predicted octanol–water partition coefficient (Wildman–Crippen LogP) is 2.58. The minimum absolute atomic E-state index is 0.154. The molecule has 4 heteroatoms. The fraction of sp³-hybridized carbons (Fsp3) is 0.647. The number of rotatable bonds is 11. The van der Waals surface area contributed by atoms with Crippen LogP contribution in [0.4, 0.5) is 5.69 Å². The summed E-state index contributed by atoms with van der Waals surface area (Å²) in [5.74, 6) is 0. The van der Waals surface area contributed by atoms with Crippen molar-refractivity contribution >= 4 is 5.69 Å². The maximum Gasteiger partial charge on any atom is 0.0637 e. The van der Waals surface area contributed by atoms with Crippen LogP contribution in [0.3, 0.4) is 0 Å². The minimum atomic E-state index is 0.154. The molecule has 0 aliphatic carbocycles. The lowest BCUT2D eigenvalue weighted by Crippen LogP contribution is -2.30. The third kappa shape index (κ3) is 6.04. The van der Waals surface area contributed by atoms with Crippen molar-refractivity contribution in [2.75, 3.05) is 44.9 Å². The SMILES string of the molecule is CCCNC(CC)c1ccc(N(CCO)CCOC)cc1. The van der Waals surface area contributed by atoms with Crippen molar-refractivity contribution in [3.05, 3.63) is 29.8 Å². The number of nitrogens with zero attached hydrogens (tertiary/aromatic N) is 1. The second-order valence-corrected chi connectivity index (χ2v) is 5.21. The number of aliphatic hydroxyl groups excluding tert-OH is 1. The summed E-state index contributed by atoms with van der Waals surface area (Å²) in [6, 6.07) is 9.06. The van der Waals surface area contributed by atoms with Crippen LogP contribution in [0.5, 0.6) is 0 Å². The fourth-order valence-corrected chi connectivity index (χ4v) is 2.43. The van der Waals surface area contributed by atoms with Crippen LogP contribution < -0.4 is 10.2 Å². The molecule has 1 unspecified atom stereocenters. The molecule has 0 saturated heterocycles. The number of aliphatic hydroxyl groups is 1. The molecule has 0 aliphatic rings. The van der Waals surface area contributed by atoms with E-state index in [1.807, 2.05) is 0 Å². The maximum atomic E-state index is 9.18. The van der Waals surface area contributed by atoms with Gasteiger partial charge in [-0.3, -0.25) is 0 Å². The Bertz CT molecular complexity index is 368. The molecule has 4 nitrogen and oxygen atoms in total. The summed E-state index contributed by atoms with van der Waals surface area (Å²) < 4.78 is 5.13. The molecule has 0 aliphatic heterocycles. The molecule has 2 N–H and O–H groups in total. The van der Waals surface area contributed by atoms with E-state index in [4.69, 9.17) is 4.74 Å². The second kappa shape index (κ2) is 10.6. The Morgan fingerprint density at radius 3 is 2.43 bits per heavy atom.